The molecule has 1 N–H and O–H groups in total. The SMILES string of the molecule is CCCCn1cc(C(O)CC)cn1. The van der Waals surface area contributed by atoms with E-state index in [0.717, 1.165) is 24.9 Å². The molecule has 1 aromatic heterocycles. The van der Waals surface area contributed by atoms with Gasteiger partial charge in [-0.25, -0.2) is 0 Å². The Morgan fingerprint density at radius 1 is 1.54 bits per heavy atom. The minimum absolute atomic E-state index is 0.352. The van der Waals surface area contributed by atoms with Crippen LogP contribution in [0.5, 0.6) is 0 Å². The van der Waals surface area contributed by atoms with Crippen LogP contribution in [0.25, 0.3) is 0 Å². The van der Waals surface area contributed by atoms with Gasteiger partial charge in [0.2, 0.25) is 0 Å². The highest BCUT2D eigenvalue weighted by Crippen LogP contribution is 2.14. The summed E-state index contributed by atoms with van der Waals surface area (Å²) in [6.07, 6.45) is 6.40. The van der Waals surface area contributed by atoms with E-state index < -0.39 is 0 Å². The van der Waals surface area contributed by atoms with Crippen LogP contribution in [-0.2, 0) is 6.54 Å². The number of aryl methyl sites for hydroxylation is 1. The number of unbranched alkanes of at least 4 members (excludes halogenated alkanes) is 1. The third-order valence-corrected chi connectivity index (χ3v) is 2.17. The lowest BCUT2D eigenvalue weighted by atomic mass is 10.2. The van der Waals surface area contributed by atoms with E-state index in [9.17, 15) is 5.11 Å². The molecule has 0 fully saturated rings. The molecule has 3 nitrogen and oxygen atoms in total. The predicted octanol–water partition coefficient (Wildman–Crippen LogP) is 2.13. The number of aliphatic hydroxyl groups excluding tert-OH is 1. The van der Waals surface area contributed by atoms with Gasteiger partial charge in [0, 0.05) is 18.3 Å². The van der Waals surface area contributed by atoms with Gasteiger partial charge in [-0.3, -0.25) is 4.68 Å². The van der Waals surface area contributed by atoms with Crippen molar-refractivity contribution in [1.29, 1.82) is 0 Å². The second kappa shape index (κ2) is 5.02. The Morgan fingerprint density at radius 2 is 2.31 bits per heavy atom. The number of nitrogens with zero attached hydrogens (tertiary/aromatic N) is 2. The van der Waals surface area contributed by atoms with Crippen LogP contribution in [0.3, 0.4) is 0 Å². The predicted molar refractivity (Wildman–Crippen MR) is 52.4 cm³/mol. The van der Waals surface area contributed by atoms with Gasteiger partial charge in [0.25, 0.3) is 0 Å². The minimum atomic E-state index is -0.352. The van der Waals surface area contributed by atoms with Gasteiger partial charge in [-0.05, 0) is 12.8 Å². The molecule has 0 saturated heterocycles. The number of aromatic nitrogens is 2. The molecule has 1 heterocycles. The molecule has 13 heavy (non-hydrogen) atoms. The summed E-state index contributed by atoms with van der Waals surface area (Å²) in [6.45, 7) is 5.08. The normalized spacial score (nSPS) is 13.2. The molecule has 1 aromatic rings. The second-order valence-corrected chi connectivity index (χ2v) is 3.31. The maximum Gasteiger partial charge on any atom is 0.0817 e. The zero-order valence-corrected chi connectivity index (χ0v) is 8.40. The monoisotopic (exact) mass is 182 g/mol. The minimum Gasteiger partial charge on any atom is -0.388 e. The van der Waals surface area contributed by atoms with E-state index >= 15 is 0 Å². The van der Waals surface area contributed by atoms with Crippen LogP contribution in [0.4, 0.5) is 0 Å². The fourth-order valence-electron chi connectivity index (χ4n) is 1.23. The summed E-state index contributed by atoms with van der Waals surface area (Å²) < 4.78 is 1.90. The van der Waals surface area contributed by atoms with E-state index in [4.69, 9.17) is 0 Å². The summed E-state index contributed by atoms with van der Waals surface area (Å²) in [7, 11) is 0. The molecule has 1 unspecified atom stereocenters. The number of hydrogen-bond donors (Lipinski definition) is 1. The largest absolute Gasteiger partial charge is 0.388 e. The standard InChI is InChI=1S/C10H18N2O/c1-3-5-6-12-8-9(7-11-12)10(13)4-2/h7-8,10,13H,3-6H2,1-2H3. The lowest BCUT2D eigenvalue weighted by Gasteiger charge is -2.02. The van der Waals surface area contributed by atoms with Gasteiger partial charge in [0.1, 0.15) is 0 Å². The average molecular weight is 182 g/mol. The summed E-state index contributed by atoms with van der Waals surface area (Å²) >= 11 is 0. The summed E-state index contributed by atoms with van der Waals surface area (Å²) in [5.41, 5.74) is 0.929. The van der Waals surface area contributed by atoms with Crippen LogP contribution in [0.1, 0.15) is 44.8 Å². The van der Waals surface area contributed by atoms with Crippen molar-refractivity contribution in [3.8, 4) is 0 Å². The van der Waals surface area contributed by atoms with Crippen LogP contribution in [-0.4, -0.2) is 14.9 Å². The molecule has 74 valence electrons. The van der Waals surface area contributed by atoms with Gasteiger partial charge < -0.3 is 5.11 Å². The molecule has 0 bridgehead atoms. The summed E-state index contributed by atoms with van der Waals surface area (Å²) in [4.78, 5) is 0. The first-order chi connectivity index (χ1) is 6.27. The fourth-order valence-corrected chi connectivity index (χ4v) is 1.23. The van der Waals surface area contributed by atoms with E-state index in [2.05, 4.69) is 12.0 Å². The summed E-state index contributed by atoms with van der Waals surface area (Å²) in [6, 6.07) is 0. The lowest BCUT2D eigenvalue weighted by molar-refractivity contribution is 0.173. The summed E-state index contributed by atoms with van der Waals surface area (Å²) in [5, 5.41) is 13.7. The molecular formula is C10H18N2O. The Labute approximate surface area is 79.4 Å². The van der Waals surface area contributed by atoms with Crippen LogP contribution in [0.15, 0.2) is 12.4 Å². The Bertz CT molecular complexity index is 245. The van der Waals surface area contributed by atoms with Crippen molar-refractivity contribution in [2.75, 3.05) is 0 Å². The Hall–Kier alpha value is -0.830. The van der Waals surface area contributed by atoms with Crippen molar-refractivity contribution in [2.24, 2.45) is 0 Å². The first-order valence-corrected chi connectivity index (χ1v) is 4.98. The first-order valence-electron chi connectivity index (χ1n) is 4.98. The Kier molecular flexibility index (Phi) is 3.96. The van der Waals surface area contributed by atoms with Crippen LogP contribution >= 0.6 is 0 Å². The van der Waals surface area contributed by atoms with Gasteiger partial charge in [-0.15, -0.1) is 0 Å². The topological polar surface area (TPSA) is 38.0 Å². The molecule has 0 aliphatic heterocycles. The van der Waals surface area contributed by atoms with Gasteiger partial charge in [0.15, 0.2) is 0 Å². The lowest BCUT2D eigenvalue weighted by Crippen LogP contribution is -1.97. The second-order valence-electron chi connectivity index (χ2n) is 3.31. The Morgan fingerprint density at radius 3 is 2.92 bits per heavy atom. The van der Waals surface area contributed by atoms with E-state index in [1.54, 1.807) is 6.20 Å². The van der Waals surface area contributed by atoms with Crippen LogP contribution in [0, 0.1) is 0 Å². The number of hydrogen-bond acceptors (Lipinski definition) is 2. The zero-order chi connectivity index (χ0) is 9.68. The molecule has 1 atom stereocenters. The van der Waals surface area contributed by atoms with E-state index in [1.807, 2.05) is 17.8 Å². The van der Waals surface area contributed by atoms with Crippen molar-refractivity contribution < 1.29 is 5.11 Å². The van der Waals surface area contributed by atoms with Gasteiger partial charge >= 0.3 is 0 Å². The molecule has 0 amide bonds. The smallest absolute Gasteiger partial charge is 0.0817 e. The number of rotatable bonds is 5. The molecule has 0 aliphatic rings. The van der Waals surface area contributed by atoms with Crippen molar-refractivity contribution >= 4 is 0 Å². The fraction of sp³-hybridized carbons (Fsp3) is 0.700. The zero-order valence-electron chi connectivity index (χ0n) is 8.40. The first kappa shape index (κ1) is 10.3. The molecular weight excluding hydrogens is 164 g/mol. The van der Waals surface area contributed by atoms with Crippen molar-refractivity contribution in [3.63, 3.8) is 0 Å². The molecule has 0 aromatic carbocycles. The number of aliphatic hydroxyl groups is 1. The average Bonchev–Trinajstić information content (AvgIpc) is 2.62. The third-order valence-electron chi connectivity index (χ3n) is 2.17. The highest BCUT2D eigenvalue weighted by Gasteiger charge is 2.06. The van der Waals surface area contributed by atoms with Gasteiger partial charge in [-0.1, -0.05) is 20.3 Å². The molecule has 0 radical (unpaired) electrons. The van der Waals surface area contributed by atoms with Crippen molar-refractivity contribution in [1.82, 2.24) is 9.78 Å². The highest BCUT2D eigenvalue weighted by molar-refractivity contribution is 5.07. The van der Waals surface area contributed by atoms with Crippen molar-refractivity contribution in [3.05, 3.63) is 18.0 Å². The Balaban J connectivity index is 2.53. The quantitative estimate of drug-likeness (QED) is 0.757. The molecule has 3 heteroatoms. The van der Waals surface area contributed by atoms with Crippen molar-refractivity contribution in [2.45, 2.75) is 45.8 Å². The molecule has 0 saturated carbocycles. The van der Waals surface area contributed by atoms with E-state index in [1.165, 1.54) is 6.42 Å². The highest BCUT2D eigenvalue weighted by atomic mass is 16.3. The van der Waals surface area contributed by atoms with E-state index in [0.29, 0.717) is 0 Å². The molecule has 0 spiro atoms. The maximum absolute atomic E-state index is 9.51. The molecule has 0 aliphatic carbocycles. The van der Waals surface area contributed by atoms with Crippen LogP contribution in [0.2, 0.25) is 0 Å². The molecule has 1 rings (SSSR count). The van der Waals surface area contributed by atoms with Crippen LogP contribution < -0.4 is 0 Å². The van der Waals surface area contributed by atoms with E-state index in [-0.39, 0.29) is 6.10 Å². The summed E-state index contributed by atoms with van der Waals surface area (Å²) in [5.74, 6) is 0. The third kappa shape index (κ3) is 2.84. The van der Waals surface area contributed by atoms with Gasteiger partial charge in [0.05, 0.1) is 12.3 Å². The van der Waals surface area contributed by atoms with Gasteiger partial charge in [-0.2, -0.15) is 5.10 Å². The maximum atomic E-state index is 9.51.